The third-order valence-corrected chi connectivity index (χ3v) is 5.93. The Morgan fingerprint density at radius 2 is 1.76 bits per heavy atom. The first-order valence-corrected chi connectivity index (χ1v) is 12.1. The predicted octanol–water partition coefficient (Wildman–Crippen LogP) is 2.36. The largest absolute Gasteiger partial charge is 0.492 e. The highest BCUT2D eigenvalue weighted by molar-refractivity contribution is 5.78. The third-order valence-electron chi connectivity index (χ3n) is 5.93. The van der Waals surface area contributed by atoms with E-state index in [4.69, 9.17) is 9.47 Å². The van der Waals surface area contributed by atoms with Crippen molar-refractivity contribution >= 4 is 17.8 Å². The number of nitrogens with zero attached hydrogens (tertiary/aromatic N) is 4. The lowest BCUT2D eigenvalue weighted by Crippen LogP contribution is -2.50. The summed E-state index contributed by atoms with van der Waals surface area (Å²) in [6.45, 7) is 13.6. The highest BCUT2D eigenvalue weighted by Gasteiger charge is 2.25. The smallest absolute Gasteiger partial charge is 0.410 e. The Morgan fingerprint density at radius 3 is 2.33 bits per heavy atom. The van der Waals surface area contributed by atoms with Crippen LogP contribution in [0.4, 0.5) is 10.6 Å². The Kier molecular flexibility index (Phi) is 9.17. The highest BCUT2D eigenvalue weighted by Crippen LogP contribution is 2.22. The van der Waals surface area contributed by atoms with Crippen LogP contribution in [0.1, 0.15) is 40.5 Å². The molecular weight excluding hydrogens is 422 g/mol. The number of likely N-dealkylation sites (tertiary alicyclic amines) is 1. The van der Waals surface area contributed by atoms with Crippen molar-refractivity contribution in [2.45, 2.75) is 52.7 Å². The number of hydrogen-bond acceptors (Lipinski definition) is 7. The number of carbonyl (C=O) groups excluding carboxylic acids is 2. The second-order valence-corrected chi connectivity index (χ2v) is 9.51. The molecule has 0 unspecified atom stereocenters. The molecule has 0 spiro atoms. The molecule has 1 N–H and O–H groups in total. The molecule has 0 saturated carbocycles. The monoisotopic (exact) mass is 461 g/mol. The van der Waals surface area contributed by atoms with E-state index in [1.807, 2.05) is 39.8 Å². The number of aromatic nitrogens is 1. The van der Waals surface area contributed by atoms with E-state index < -0.39 is 0 Å². The van der Waals surface area contributed by atoms with E-state index in [0.29, 0.717) is 32.2 Å². The van der Waals surface area contributed by atoms with Crippen LogP contribution in [0.15, 0.2) is 18.3 Å². The molecule has 9 nitrogen and oxygen atoms in total. The lowest BCUT2D eigenvalue weighted by Gasteiger charge is -2.35. The number of carbonyl (C=O) groups is 2. The minimum atomic E-state index is -0.219. The zero-order valence-electron chi connectivity index (χ0n) is 20.5. The maximum Gasteiger partial charge on any atom is 0.410 e. The molecule has 9 heteroatoms. The summed E-state index contributed by atoms with van der Waals surface area (Å²) in [5.41, 5.74) is 0. The second kappa shape index (κ2) is 12.1. The maximum absolute atomic E-state index is 12.0. The Hall–Kier alpha value is -2.55. The molecule has 2 aliphatic rings. The summed E-state index contributed by atoms with van der Waals surface area (Å²) >= 11 is 0. The van der Waals surface area contributed by atoms with Gasteiger partial charge in [0.25, 0.3) is 0 Å². The zero-order valence-corrected chi connectivity index (χ0v) is 20.5. The Balaban J connectivity index is 1.36. The SMILES string of the molecule is CC(C)NC(=O)CN1CCN(c2ccc(OCC3CCN(C(=O)OC(C)C)CC3)cn2)CC1. The number of anilines is 1. The van der Waals surface area contributed by atoms with Gasteiger partial charge in [0.15, 0.2) is 0 Å². The van der Waals surface area contributed by atoms with Crippen LogP contribution in [0.5, 0.6) is 5.75 Å². The first-order valence-electron chi connectivity index (χ1n) is 12.1. The topological polar surface area (TPSA) is 87.2 Å². The molecular formula is C24H39N5O4. The number of pyridine rings is 1. The second-order valence-electron chi connectivity index (χ2n) is 9.51. The number of amides is 2. The van der Waals surface area contributed by atoms with Crippen LogP contribution in [-0.2, 0) is 9.53 Å². The van der Waals surface area contributed by atoms with Gasteiger partial charge in [-0.2, -0.15) is 0 Å². The number of hydrogen-bond donors (Lipinski definition) is 1. The standard InChI is InChI=1S/C24H39N5O4/c1-18(2)26-23(30)16-27-11-13-28(14-12-27)22-6-5-21(15-25-22)32-17-20-7-9-29(10-8-20)24(31)33-19(3)4/h5-6,15,18-20H,7-14,16-17H2,1-4H3,(H,26,30). The van der Waals surface area contributed by atoms with Crippen molar-refractivity contribution in [2.75, 3.05) is 57.3 Å². The lowest BCUT2D eigenvalue weighted by atomic mass is 9.98. The van der Waals surface area contributed by atoms with Crippen molar-refractivity contribution in [3.63, 3.8) is 0 Å². The summed E-state index contributed by atoms with van der Waals surface area (Å²) in [5.74, 6) is 2.21. The predicted molar refractivity (Wildman–Crippen MR) is 128 cm³/mol. The molecule has 33 heavy (non-hydrogen) atoms. The zero-order chi connectivity index (χ0) is 23.8. The normalized spacial score (nSPS) is 18.0. The highest BCUT2D eigenvalue weighted by atomic mass is 16.6. The molecule has 3 heterocycles. The van der Waals surface area contributed by atoms with Gasteiger partial charge in [0.2, 0.25) is 5.91 Å². The molecule has 1 aromatic rings. The average Bonchev–Trinajstić information content (AvgIpc) is 2.78. The molecule has 2 amide bonds. The number of nitrogens with one attached hydrogen (secondary N) is 1. The molecule has 3 rings (SSSR count). The summed E-state index contributed by atoms with van der Waals surface area (Å²) in [6, 6.07) is 4.14. The number of rotatable bonds is 8. The van der Waals surface area contributed by atoms with E-state index in [-0.39, 0.29) is 24.1 Å². The van der Waals surface area contributed by atoms with E-state index in [1.165, 1.54) is 0 Å². The molecule has 0 bridgehead atoms. The van der Waals surface area contributed by atoms with Gasteiger partial charge in [0.05, 0.1) is 25.5 Å². The van der Waals surface area contributed by atoms with Gasteiger partial charge in [-0.05, 0) is 58.6 Å². The molecule has 0 atom stereocenters. The fraction of sp³-hybridized carbons (Fsp3) is 0.708. The molecule has 0 aliphatic carbocycles. The van der Waals surface area contributed by atoms with Gasteiger partial charge in [-0.15, -0.1) is 0 Å². The summed E-state index contributed by atoms with van der Waals surface area (Å²) in [4.78, 5) is 34.7. The van der Waals surface area contributed by atoms with Crippen molar-refractivity contribution in [1.82, 2.24) is 20.1 Å². The van der Waals surface area contributed by atoms with E-state index in [0.717, 1.165) is 50.6 Å². The maximum atomic E-state index is 12.0. The molecule has 1 aromatic heterocycles. The molecule has 184 valence electrons. The molecule has 2 aliphatic heterocycles. The molecule has 0 aromatic carbocycles. The summed E-state index contributed by atoms with van der Waals surface area (Å²) in [7, 11) is 0. The average molecular weight is 462 g/mol. The van der Waals surface area contributed by atoms with Gasteiger partial charge < -0.3 is 24.6 Å². The third kappa shape index (κ3) is 8.07. The Bertz CT molecular complexity index is 755. The van der Waals surface area contributed by atoms with E-state index in [2.05, 4.69) is 20.1 Å². The van der Waals surface area contributed by atoms with Crippen LogP contribution >= 0.6 is 0 Å². The van der Waals surface area contributed by atoms with Gasteiger partial charge in [0, 0.05) is 45.3 Å². The quantitative estimate of drug-likeness (QED) is 0.636. The number of piperidine rings is 1. The van der Waals surface area contributed by atoms with Crippen molar-refractivity contribution in [1.29, 1.82) is 0 Å². The van der Waals surface area contributed by atoms with Gasteiger partial charge in [-0.3, -0.25) is 9.69 Å². The number of ether oxygens (including phenoxy) is 2. The number of piperazine rings is 1. The fourth-order valence-corrected chi connectivity index (χ4v) is 4.12. The van der Waals surface area contributed by atoms with Crippen LogP contribution in [0, 0.1) is 5.92 Å². The van der Waals surface area contributed by atoms with E-state index >= 15 is 0 Å². The van der Waals surface area contributed by atoms with Gasteiger partial charge in [-0.1, -0.05) is 0 Å². The van der Waals surface area contributed by atoms with Gasteiger partial charge in [0.1, 0.15) is 11.6 Å². The van der Waals surface area contributed by atoms with Crippen molar-refractivity contribution in [2.24, 2.45) is 5.92 Å². The minimum Gasteiger partial charge on any atom is -0.492 e. The van der Waals surface area contributed by atoms with Gasteiger partial charge in [-0.25, -0.2) is 9.78 Å². The molecule has 2 fully saturated rings. The summed E-state index contributed by atoms with van der Waals surface area (Å²) in [6.07, 6.45) is 3.31. The van der Waals surface area contributed by atoms with Crippen molar-refractivity contribution in [3.05, 3.63) is 18.3 Å². The fourth-order valence-electron chi connectivity index (χ4n) is 4.12. The van der Waals surface area contributed by atoms with Crippen LogP contribution in [0.3, 0.4) is 0 Å². The Morgan fingerprint density at radius 1 is 1.06 bits per heavy atom. The van der Waals surface area contributed by atoms with E-state index in [1.54, 1.807) is 11.1 Å². The summed E-state index contributed by atoms with van der Waals surface area (Å²) < 4.78 is 11.2. The van der Waals surface area contributed by atoms with Crippen molar-refractivity contribution in [3.8, 4) is 5.75 Å². The van der Waals surface area contributed by atoms with E-state index in [9.17, 15) is 9.59 Å². The van der Waals surface area contributed by atoms with Gasteiger partial charge >= 0.3 is 6.09 Å². The van der Waals surface area contributed by atoms with Crippen LogP contribution in [0.2, 0.25) is 0 Å². The molecule has 2 saturated heterocycles. The van der Waals surface area contributed by atoms with Crippen LogP contribution in [0.25, 0.3) is 0 Å². The minimum absolute atomic E-state index is 0.0826. The summed E-state index contributed by atoms with van der Waals surface area (Å²) in [5, 5.41) is 2.95. The first-order chi connectivity index (χ1) is 15.8. The molecule has 0 radical (unpaired) electrons. The lowest BCUT2D eigenvalue weighted by molar-refractivity contribution is -0.122. The van der Waals surface area contributed by atoms with Crippen LogP contribution in [-0.4, -0.2) is 91.4 Å². The Labute approximate surface area is 197 Å². The van der Waals surface area contributed by atoms with Crippen molar-refractivity contribution < 1.29 is 19.1 Å². The van der Waals surface area contributed by atoms with Crippen LogP contribution < -0.4 is 15.0 Å². The first kappa shape index (κ1) is 25.1.